The van der Waals surface area contributed by atoms with Crippen LogP contribution in [0.4, 0.5) is 5.69 Å². The fourth-order valence-corrected chi connectivity index (χ4v) is 3.12. The van der Waals surface area contributed by atoms with Crippen LogP contribution >= 0.6 is 11.8 Å². The Labute approximate surface area is 168 Å². The third-order valence-electron chi connectivity index (χ3n) is 3.73. The molecule has 2 aromatic carbocycles. The van der Waals surface area contributed by atoms with Gasteiger partial charge < -0.3 is 14.8 Å². The maximum atomic E-state index is 12.3. The molecule has 0 aliphatic heterocycles. The van der Waals surface area contributed by atoms with Crippen molar-refractivity contribution in [3.05, 3.63) is 66.5 Å². The molecule has 1 heterocycles. The Morgan fingerprint density at radius 2 is 1.79 bits per heavy atom. The number of nitrogens with one attached hydrogen (secondary N) is 1. The monoisotopic (exact) mass is 395 g/mol. The number of thioether (sulfide) groups is 1. The van der Waals surface area contributed by atoms with Gasteiger partial charge in [0.1, 0.15) is 11.5 Å². The van der Waals surface area contributed by atoms with Crippen LogP contribution in [0.3, 0.4) is 0 Å². The zero-order valence-electron chi connectivity index (χ0n) is 15.7. The minimum Gasteiger partial charge on any atom is -0.494 e. The summed E-state index contributed by atoms with van der Waals surface area (Å²) in [5.74, 6) is 1.70. The molecule has 0 bridgehead atoms. The Morgan fingerprint density at radius 1 is 1.07 bits per heavy atom. The molecule has 0 aliphatic carbocycles. The van der Waals surface area contributed by atoms with Gasteiger partial charge in [0.25, 0.3) is 0 Å². The molecule has 0 saturated heterocycles. The summed E-state index contributed by atoms with van der Waals surface area (Å²) in [6.45, 7) is 4.49. The second-order valence-electron chi connectivity index (χ2n) is 5.85. The number of nitrogens with zero attached hydrogens (tertiary/aromatic N) is 2. The Hall–Kier alpha value is -3.06. The van der Waals surface area contributed by atoms with Crippen LogP contribution in [-0.2, 0) is 4.79 Å². The molecule has 1 aromatic heterocycles. The Kier molecular flexibility index (Phi) is 6.86. The van der Waals surface area contributed by atoms with Gasteiger partial charge in [0.2, 0.25) is 5.91 Å². The lowest BCUT2D eigenvalue weighted by Crippen LogP contribution is -2.14. The van der Waals surface area contributed by atoms with Crippen LogP contribution in [0.5, 0.6) is 17.5 Å². The normalized spacial score (nSPS) is 10.4. The van der Waals surface area contributed by atoms with E-state index in [2.05, 4.69) is 15.3 Å². The van der Waals surface area contributed by atoms with Crippen LogP contribution in [0.2, 0.25) is 0 Å². The van der Waals surface area contributed by atoms with Gasteiger partial charge in [-0.05, 0) is 67.9 Å². The second-order valence-corrected chi connectivity index (χ2v) is 6.90. The highest BCUT2D eigenvalue weighted by atomic mass is 32.2. The highest BCUT2D eigenvalue weighted by Gasteiger charge is 2.08. The van der Waals surface area contributed by atoms with Gasteiger partial charge in [-0.15, -0.1) is 11.8 Å². The number of rotatable bonds is 8. The maximum absolute atomic E-state index is 12.3. The smallest absolute Gasteiger partial charge is 0.321 e. The molecule has 1 N–H and O–H groups in total. The second kappa shape index (κ2) is 9.75. The van der Waals surface area contributed by atoms with E-state index in [1.54, 1.807) is 24.5 Å². The first-order valence-electron chi connectivity index (χ1n) is 8.85. The van der Waals surface area contributed by atoms with Crippen LogP contribution in [0, 0.1) is 6.92 Å². The first-order valence-corrected chi connectivity index (χ1v) is 9.83. The van der Waals surface area contributed by atoms with E-state index in [0.717, 1.165) is 21.9 Å². The van der Waals surface area contributed by atoms with Crippen molar-refractivity contribution in [3.63, 3.8) is 0 Å². The summed E-state index contributed by atoms with van der Waals surface area (Å²) < 4.78 is 11.0. The fourth-order valence-electron chi connectivity index (χ4n) is 2.42. The van der Waals surface area contributed by atoms with Crippen molar-refractivity contribution in [3.8, 4) is 17.5 Å². The van der Waals surface area contributed by atoms with Gasteiger partial charge in [0.15, 0.2) is 0 Å². The molecule has 144 valence electrons. The van der Waals surface area contributed by atoms with Crippen molar-refractivity contribution in [2.45, 2.75) is 18.7 Å². The first-order chi connectivity index (χ1) is 13.6. The highest BCUT2D eigenvalue weighted by molar-refractivity contribution is 8.00. The SMILES string of the molecule is CCOc1ccc(SCC(=O)Nc2ccc(Oc3ncccn3)cc2C)cc1. The van der Waals surface area contributed by atoms with Crippen LogP contribution < -0.4 is 14.8 Å². The summed E-state index contributed by atoms with van der Waals surface area (Å²) >= 11 is 1.48. The molecule has 0 spiro atoms. The van der Waals surface area contributed by atoms with Gasteiger partial charge in [0.05, 0.1) is 12.4 Å². The molecule has 6 nitrogen and oxygen atoms in total. The Balaban J connectivity index is 1.53. The lowest BCUT2D eigenvalue weighted by molar-refractivity contribution is -0.113. The largest absolute Gasteiger partial charge is 0.494 e. The quantitative estimate of drug-likeness (QED) is 0.557. The van der Waals surface area contributed by atoms with Crippen molar-refractivity contribution >= 4 is 23.4 Å². The molecular weight excluding hydrogens is 374 g/mol. The molecule has 28 heavy (non-hydrogen) atoms. The molecule has 0 radical (unpaired) electrons. The summed E-state index contributed by atoms with van der Waals surface area (Å²) in [6.07, 6.45) is 3.23. The molecule has 0 atom stereocenters. The zero-order valence-corrected chi connectivity index (χ0v) is 16.5. The maximum Gasteiger partial charge on any atom is 0.321 e. The lowest BCUT2D eigenvalue weighted by Gasteiger charge is -2.10. The van der Waals surface area contributed by atoms with Gasteiger partial charge in [-0.2, -0.15) is 0 Å². The number of amides is 1. The predicted octanol–water partition coefficient (Wildman–Crippen LogP) is 4.71. The summed E-state index contributed by atoms with van der Waals surface area (Å²) in [7, 11) is 0. The molecule has 0 fully saturated rings. The van der Waals surface area contributed by atoms with Crippen LogP contribution in [0.25, 0.3) is 0 Å². The number of aromatic nitrogens is 2. The standard InChI is InChI=1S/C21H21N3O3S/c1-3-26-16-5-8-18(9-6-16)28-14-20(25)24-19-10-7-17(13-15(19)2)27-21-22-11-4-12-23-21/h4-13H,3,14H2,1-2H3,(H,24,25). The Bertz CT molecular complexity index is 918. The first kappa shape index (κ1) is 19.7. The lowest BCUT2D eigenvalue weighted by atomic mass is 10.2. The number of ether oxygens (including phenoxy) is 2. The molecule has 0 saturated carbocycles. The van der Waals surface area contributed by atoms with Gasteiger partial charge >= 0.3 is 6.01 Å². The number of hydrogen-bond donors (Lipinski definition) is 1. The molecular formula is C21H21N3O3S. The number of aryl methyl sites for hydroxylation is 1. The summed E-state index contributed by atoms with van der Waals surface area (Å²) in [4.78, 5) is 21.4. The molecule has 3 aromatic rings. The summed E-state index contributed by atoms with van der Waals surface area (Å²) in [5.41, 5.74) is 1.64. The molecule has 0 aliphatic rings. The topological polar surface area (TPSA) is 73.3 Å². The van der Waals surface area contributed by atoms with E-state index < -0.39 is 0 Å². The fraction of sp³-hybridized carbons (Fsp3) is 0.190. The van der Waals surface area contributed by atoms with Crippen LogP contribution in [0.15, 0.2) is 65.8 Å². The van der Waals surface area contributed by atoms with Gasteiger partial charge in [-0.1, -0.05) is 0 Å². The van der Waals surface area contributed by atoms with E-state index >= 15 is 0 Å². The summed E-state index contributed by atoms with van der Waals surface area (Å²) in [6, 6.07) is 15.1. The van der Waals surface area contributed by atoms with E-state index in [1.807, 2.05) is 50.2 Å². The molecule has 1 amide bonds. The van der Waals surface area contributed by atoms with Crippen LogP contribution in [0.1, 0.15) is 12.5 Å². The van der Waals surface area contributed by atoms with Crippen molar-refractivity contribution in [2.75, 3.05) is 17.7 Å². The van der Waals surface area contributed by atoms with E-state index in [1.165, 1.54) is 11.8 Å². The van der Waals surface area contributed by atoms with E-state index in [4.69, 9.17) is 9.47 Å². The van der Waals surface area contributed by atoms with E-state index in [-0.39, 0.29) is 11.9 Å². The number of hydrogen-bond acceptors (Lipinski definition) is 6. The third-order valence-corrected chi connectivity index (χ3v) is 4.74. The average molecular weight is 395 g/mol. The van der Waals surface area contributed by atoms with Gasteiger partial charge in [-0.25, -0.2) is 9.97 Å². The van der Waals surface area contributed by atoms with Crippen molar-refractivity contribution in [2.24, 2.45) is 0 Å². The third kappa shape index (κ3) is 5.72. The van der Waals surface area contributed by atoms with E-state index in [9.17, 15) is 4.79 Å². The number of carbonyl (C=O) groups excluding carboxylic acids is 1. The number of anilines is 1. The number of carbonyl (C=O) groups is 1. The van der Waals surface area contributed by atoms with Crippen molar-refractivity contribution in [1.29, 1.82) is 0 Å². The minimum absolute atomic E-state index is 0.0676. The Morgan fingerprint density at radius 3 is 2.46 bits per heavy atom. The van der Waals surface area contributed by atoms with Crippen LogP contribution in [-0.4, -0.2) is 28.2 Å². The van der Waals surface area contributed by atoms with Crippen molar-refractivity contribution < 1.29 is 14.3 Å². The van der Waals surface area contributed by atoms with Gasteiger partial charge in [0, 0.05) is 23.0 Å². The summed E-state index contributed by atoms with van der Waals surface area (Å²) in [5, 5.41) is 2.93. The van der Waals surface area contributed by atoms with Gasteiger partial charge in [-0.3, -0.25) is 4.79 Å². The van der Waals surface area contributed by atoms with Crippen molar-refractivity contribution in [1.82, 2.24) is 9.97 Å². The van der Waals surface area contributed by atoms with E-state index in [0.29, 0.717) is 18.1 Å². The molecule has 7 heteroatoms. The number of benzene rings is 2. The predicted molar refractivity (Wildman–Crippen MR) is 110 cm³/mol. The highest BCUT2D eigenvalue weighted by Crippen LogP contribution is 2.25. The molecule has 3 rings (SSSR count). The minimum atomic E-state index is -0.0676. The zero-order chi connectivity index (χ0) is 19.8. The molecule has 0 unspecified atom stereocenters. The average Bonchev–Trinajstić information content (AvgIpc) is 2.71.